The molecule has 0 aliphatic rings. The summed E-state index contributed by atoms with van der Waals surface area (Å²) in [5.74, 6) is 1.34. The summed E-state index contributed by atoms with van der Waals surface area (Å²) in [5.41, 5.74) is 5.64. The van der Waals surface area contributed by atoms with Crippen LogP contribution in [0.25, 0.3) is 5.82 Å². The van der Waals surface area contributed by atoms with E-state index in [2.05, 4.69) is 52.7 Å². The third-order valence-electron chi connectivity index (χ3n) is 3.81. The van der Waals surface area contributed by atoms with Crippen molar-refractivity contribution in [1.82, 2.24) is 14.8 Å². The van der Waals surface area contributed by atoms with Gasteiger partial charge in [-0.15, -0.1) is 11.6 Å². The molecule has 0 bridgehead atoms. The molecule has 0 amide bonds. The molecule has 2 aromatic heterocycles. The number of aryl methyl sites for hydroxylation is 1. The fraction of sp³-hybridized carbons (Fsp3) is 0.529. The quantitative estimate of drug-likeness (QED) is 0.783. The minimum atomic E-state index is -0.0134. The Kier molecular flexibility index (Phi) is 4.43. The van der Waals surface area contributed by atoms with Crippen LogP contribution in [0, 0.1) is 13.8 Å². The summed E-state index contributed by atoms with van der Waals surface area (Å²) in [6.45, 7) is 12.8. The van der Waals surface area contributed by atoms with Gasteiger partial charge in [0, 0.05) is 22.7 Å². The van der Waals surface area contributed by atoms with Gasteiger partial charge in [0.15, 0.2) is 5.82 Å². The predicted octanol–water partition coefficient (Wildman–Crippen LogP) is 4.48. The largest absolute Gasteiger partial charge is 0.233 e. The summed E-state index contributed by atoms with van der Waals surface area (Å²) >= 11 is 6.05. The van der Waals surface area contributed by atoms with Crippen molar-refractivity contribution < 1.29 is 0 Å². The zero-order valence-electron chi connectivity index (χ0n) is 13.8. The first-order valence-corrected chi connectivity index (χ1v) is 7.94. The molecule has 0 saturated carbocycles. The van der Waals surface area contributed by atoms with Crippen LogP contribution in [-0.4, -0.2) is 14.8 Å². The van der Waals surface area contributed by atoms with E-state index in [-0.39, 0.29) is 5.41 Å². The van der Waals surface area contributed by atoms with E-state index in [4.69, 9.17) is 16.6 Å². The van der Waals surface area contributed by atoms with Crippen molar-refractivity contribution >= 4 is 11.6 Å². The Labute approximate surface area is 132 Å². The minimum absolute atomic E-state index is 0.0134. The smallest absolute Gasteiger partial charge is 0.154 e. The second kappa shape index (κ2) is 5.80. The summed E-state index contributed by atoms with van der Waals surface area (Å²) in [6, 6.07) is 4.12. The number of hydrogen-bond donors (Lipinski definition) is 0. The van der Waals surface area contributed by atoms with Gasteiger partial charge in [-0.2, -0.15) is 5.10 Å². The average Bonchev–Trinajstić information content (AvgIpc) is 2.72. The Morgan fingerprint density at radius 2 is 1.86 bits per heavy atom. The molecular formula is C17H24ClN3. The van der Waals surface area contributed by atoms with E-state index in [0.29, 0.717) is 5.88 Å². The van der Waals surface area contributed by atoms with E-state index in [9.17, 15) is 0 Å². The van der Waals surface area contributed by atoms with Gasteiger partial charge in [-0.3, -0.25) is 0 Å². The van der Waals surface area contributed by atoms with Crippen molar-refractivity contribution in [3.05, 3.63) is 40.3 Å². The fourth-order valence-corrected chi connectivity index (χ4v) is 2.70. The van der Waals surface area contributed by atoms with Crippen LogP contribution in [0.3, 0.4) is 0 Å². The van der Waals surface area contributed by atoms with Crippen LogP contribution in [0.1, 0.15) is 55.9 Å². The second-order valence-electron chi connectivity index (χ2n) is 6.52. The van der Waals surface area contributed by atoms with E-state index in [1.165, 1.54) is 5.56 Å². The molecule has 4 heteroatoms. The third-order valence-corrected chi connectivity index (χ3v) is 4.11. The van der Waals surface area contributed by atoms with Crippen molar-refractivity contribution in [3.63, 3.8) is 0 Å². The van der Waals surface area contributed by atoms with Gasteiger partial charge in [-0.1, -0.05) is 27.7 Å². The van der Waals surface area contributed by atoms with Crippen LogP contribution in [-0.2, 0) is 17.7 Å². The van der Waals surface area contributed by atoms with Gasteiger partial charge in [0.05, 0.1) is 5.69 Å². The summed E-state index contributed by atoms with van der Waals surface area (Å²) in [5, 5.41) is 4.66. The minimum Gasteiger partial charge on any atom is -0.233 e. The van der Waals surface area contributed by atoms with Crippen LogP contribution in [0.2, 0.25) is 0 Å². The lowest BCUT2D eigenvalue weighted by atomic mass is 9.91. The van der Waals surface area contributed by atoms with Gasteiger partial charge in [-0.05, 0) is 43.5 Å². The van der Waals surface area contributed by atoms with Crippen molar-refractivity contribution in [2.24, 2.45) is 0 Å². The van der Waals surface area contributed by atoms with Crippen LogP contribution in [0.15, 0.2) is 12.1 Å². The van der Waals surface area contributed by atoms with E-state index in [0.717, 1.165) is 34.9 Å². The molecule has 0 aliphatic heterocycles. The Balaban J connectivity index is 2.64. The normalized spacial score (nSPS) is 12.0. The lowest BCUT2D eigenvalue weighted by Crippen LogP contribution is -2.16. The Morgan fingerprint density at radius 1 is 1.19 bits per heavy atom. The molecular weight excluding hydrogens is 282 g/mol. The first-order valence-electron chi connectivity index (χ1n) is 7.40. The van der Waals surface area contributed by atoms with Gasteiger partial charge >= 0.3 is 0 Å². The number of rotatable bonds is 3. The summed E-state index contributed by atoms with van der Waals surface area (Å²) < 4.78 is 1.94. The van der Waals surface area contributed by atoms with Gasteiger partial charge < -0.3 is 0 Å². The molecule has 0 N–H and O–H groups in total. The fourth-order valence-electron chi connectivity index (χ4n) is 2.55. The summed E-state index contributed by atoms with van der Waals surface area (Å²) in [6.07, 6.45) is 0.985. The van der Waals surface area contributed by atoms with Crippen molar-refractivity contribution in [1.29, 1.82) is 0 Å². The standard InChI is InChI=1S/C17H24ClN3/c1-7-14-11(2)20-21(12(14)3)16-9-13(10-18)8-15(19-16)17(4,5)6/h8-9H,7,10H2,1-6H3. The van der Waals surface area contributed by atoms with Gasteiger partial charge in [0.1, 0.15) is 0 Å². The summed E-state index contributed by atoms with van der Waals surface area (Å²) in [7, 11) is 0. The number of alkyl halides is 1. The first kappa shape index (κ1) is 16.0. The zero-order valence-corrected chi connectivity index (χ0v) is 14.5. The number of nitrogens with zero attached hydrogens (tertiary/aromatic N) is 3. The molecule has 0 aromatic carbocycles. The molecule has 2 heterocycles. The topological polar surface area (TPSA) is 30.7 Å². The van der Waals surface area contributed by atoms with Gasteiger partial charge in [-0.25, -0.2) is 9.67 Å². The Bertz CT molecular complexity index is 651. The number of aromatic nitrogens is 3. The molecule has 0 aliphatic carbocycles. The predicted molar refractivity (Wildman–Crippen MR) is 88.5 cm³/mol. The summed E-state index contributed by atoms with van der Waals surface area (Å²) in [4.78, 5) is 4.81. The van der Waals surface area contributed by atoms with Crippen LogP contribution < -0.4 is 0 Å². The van der Waals surface area contributed by atoms with Gasteiger partial charge in [0.25, 0.3) is 0 Å². The van der Waals surface area contributed by atoms with E-state index >= 15 is 0 Å². The highest BCUT2D eigenvalue weighted by Gasteiger charge is 2.19. The molecule has 2 rings (SSSR count). The Hall–Kier alpha value is -1.35. The maximum Gasteiger partial charge on any atom is 0.154 e. The molecule has 0 fully saturated rings. The molecule has 0 unspecified atom stereocenters. The monoisotopic (exact) mass is 305 g/mol. The van der Waals surface area contributed by atoms with Gasteiger partial charge in [0.2, 0.25) is 0 Å². The molecule has 0 saturated heterocycles. The molecule has 21 heavy (non-hydrogen) atoms. The van der Waals surface area contributed by atoms with E-state index < -0.39 is 0 Å². The molecule has 0 atom stereocenters. The van der Waals surface area contributed by atoms with Crippen molar-refractivity contribution in [2.75, 3.05) is 0 Å². The highest BCUT2D eigenvalue weighted by atomic mass is 35.5. The average molecular weight is 306 g/mol. The lowest BCUT2D eigenvalue weighted by molar-refractivity contribution is 0.564. The highest BCUT2D eigenvalue weighted by molar-refractivity contribution is 6.17. The van der Waals surface area contributed by atoms with E-state index in [1.54, 1.807) is 0 Å². The van der Waals surface area contributed by atoms with Crippen LogP contribution >= 0.6 is 11.6 Å². The maximum atomic E-state index is 6.05. The molecule has 2 aromatic rings. The zero-order chi connectivity index (χ0) is 15.8. The molecule has 0 spiro atoms. The Morgan fingerprint density at radius 3 is 2.33 bits per heavy atom. The van der Waals surface area contributed by atoms with Crippen LogP contribution in [0.4, 0.5) is 0 Å². The molecule has 0 radical (unpaired) electrons. The lowest BCUT2D eigenvalue weighted by Gasteiger charge is -2.20. The van der Waals surface area contributed by atoms with Crippen LogP contribution in [0.5, 0.6) is 0 Å². The number of halogens is 1. The number of hydrogen-bond acceptors (Lipinski definition) is 2. The second-order valence-corrected chi connectivity index (χ2v) is 6.78. The van der Waals surface area contributed by atoms with E-state index in [1.807, 2.05) is 10.7 Å². The maximum absolute atomic E-state index is 6.05. The highest BCUT2D eigenvalue weighted by Crippen LogP contribution is 2.25. The van der Waals surface area contributed by atoms with Crippen molar-refractivity contribution in [2.45, 2.75) is 59.3 Å². The van der Waals surface area contributed by atoms with Crippen molar-refractivity contribution in [3.8, 4) is 5.82 Å². The first-order chi connectivity index (χ1) is 9.77. The molecule has 3 nitrogen and oxygen atoms in total. The number of pyridine rings is 1. The SMILES string of the molecule is CCc1c(C)nn(-c2cc(CCl)cc(C(C)(C)C)n2)c1C. The third kappa shape index (κ3) is 3.13. The molecule has 114 valence electrons.